The van der Waals surface area contributed by atoms with Gasteiger partial charge in [-0.25, -0.2) is 18.6 Å². The predicted molar refractivity (Wildman–Crippen MR) is 141 cm³/mol. The number of carbonyl (C=O) groups is 1. The van der Waals surface area contributed by atoms with E-state index in [4.69, 9.17) is 34.3 Å². The van der Waals surface area contributed by atoms with E-state index in [1.807, 2.05) is 30.3 Å². The fourth-order valence-corrected chi connectivity index (χ4v) is 5.93. The van der Waals surface area contributed by atoms with Crippen LogP contribution in [-0.4, -0.2) is 43.6 Å². The molecule has 37 heavy (non-hydrogen) atoms. The van der Waals surface area contributed by atoms with Gasteiger partial charge in [-0.2, -0.15) is 0 Å². The Bertz CT molecular complexity index is 1390. The summed E-state index contributed by atoms with van der Waals surface area (Å²) in [5.74, 6) is -2.90. The lowest BCUT2D eigenvalue weighted by molar-refractivity contribution is -0.126. The van der Waals surface area contributed by atoms with Crippen LogP contribution in [0.25, 0.3) is 0 Å². The summed E-state index contributed by atoms with van der Waals surface area (Å²) in [5.41, 5.74) is 8.98. The monoisotopic (exact) mass is 561 g/mol. The number of halogens is 2. The number of nitrogens with zero attached hydrogens (tertiary/aromatic N) is 1. The number of guanidine groups is 1. The number of benzene rings is 3. The van der Waals surface area contributed by atoms with Gasteiger partial charge in [0.25, 0.3) is 10.0 Å². The van der Waals surface area contributed by atoms with Gasteiger partial charge in [-0.15, -0.1) is 0 Å². The normalized spacial score (nSPS) is 20.4. The molecule has 1 amide bonds. The molecule has 6 N–H and O–H groups in total. The number of nitrogens with two attached hydrogens (primary N) is 1. The van der Waals surface area contributed by atoms with Gasteiger partial charge in [0.15, 0.2) is 0 Å². The minimum atomic E-state index is -4.12. The number of carbonyl (C=O) groups excluding carboxylic acids is 1. The van der Waals surface area contributed by atoms with E-state index >= 15 is 0 Å². The summed E-state index contributed by atoms with van der Waals surface area (Å²) < 4.78 is 28.2. The van der Waals surface area contributed by atoms with E-state index in [1.54, 1.807) is 24.3 Å². The SMILES string of the molecule is N=C(NS(=O)(=O)c1ccc(Cl)cc1)N1C[C@H](c2ccccc2)C(c2ccc(Cl)cc2)([C@@H](CO)C(N)=O)N1. The average molecular weight is 562 g/mol. The Morgan fingerprint density at radius 2 is 1.65 bits per heavy atom. The first kappa shape index (κ1) is 26.9. The van der Waals surface area contributed by atoms with Gasteiger partial charge >= 0.3 is 0 Å². The van der Waals surface area contributed by atoms with Gasteiger partial charge in [0, 0.05) is 22.5 Å². The van der Waals surface area contributed by atoms with Crippen molar-refractivity contribution in [2.75, 3.05) is 13.2 Å². The molecule has 0 aliphatic carbocycles. The van der Waals surface area contributed by atoms with Crippen LogP contribution in [0.5, 0.6) is 0 Å². The van der Waals surface area contributed by atoms with Crippen LogP contribution in [0.3, 0.4) is 0 Å². The second-order valence-electron chi connectivity index (χ2n) is 8.61. The maximum atomic E-state index is 13.0. The third kappa shape index (κ3) is 5.29. The summed E-state index contributed by atoms with van der Waals surface area (Å²) >= 11 is 12.0. The van der Waals surface area contributed by atoms with Crippen LogP contribution in [0.2, 0.25) is 10.0 Å². The Hall–Kier alpha value is -3.15. The lowest BCUT2D eigenvalue weighted by atomic mass is 9.68. The molecule has 12 heteroatoms. The Morgan fingerprint density at radius 1 is 1.08 bits per heavy atom. The number of amides is 1. The van der Waals surface area contributed by atoms with Crippen LogP contribution in [0.4, 0.5) is 0 Å². The van der Waals surface area contributed by atoms with Crippen molar-refractivity contribution in [3.8, 4) is 0 Å². The number of rotatable bonds is 7. The van der Waals surface area contributed by atoms with Gasteiger partial charge in [-0.05, 0) is 47.5 Å². The summed E-state index contributed by atoms with van der Waals surface area (Å²) in [7, 11) is -4.12. The number of aliphatic hydroxyl groups is 1. The molecule has 1 aliphatic rings. The second kappa shape index (κ2) is 10.7. The second-order valence-corrected chi connectivity index (χ2v) is 11.2. The summed E-state index contributed by atoms with van der Waals surface area (Å²) in [6.45, 7) is -0.510. The van der Waals surface area contributed by atoms with Crippen LogP contribution >= 0.6 is 23.2 Å². The summed E-state index contributed by atoms with van der Waals surface area (Å²) in [6.07, 6.45) is 0. The standard InChI is InChI=1S/C25H25Cl2N5O4S/c26-18-8-6-17(7-9-18)25(22(15-33)23(28)34)21(16-4-2-1-3-5-16)14-32(31-25)24(29)30-37(35,36)20-12-10-19(27)11-13-20/h1-13,21-22,31,33H,14-15H2,(H2,28,34)(H2,29,30)/t21-,22+,25?/m1/s1. The number of hydrogen-bond donors (Lipinski definition) is 5. The van der Waals surface area contributed by atoms with E-state index in [0.29, 0.717) is 15.6 Å². The average Bonchev–Trinajstić information content (AvgIpc) is 3.27. The third-order valence-corrected chi connectivity index (χ3v) is 8.32. The fourth-order valence-electron chi connectivity index (χ4n) is 4.70. The molecule has 1 heterocycles. The van der Waals surface area contributed by atoms with Crippen molar-refractivity contribution in [1.82, 2.24) is 15.2 Å². The number of nitrogens with one attached hydrogen (secondary N) is 3. The highest BCUT2D eigenvalue weighted by Gasteiger charge is 2.56. The van der Waals surface area contributed by atoms with Crippen LogP contribution in [0.1, 0.15) is 17.0 Å². The molecular formula is C25H25Cl2N5O4S. The van der Waals surface area contributed by atoms with Gasteiger partial charge in [-0.3, -0.25) is 15.2 Å². The summed E-state index contributed by atoms with van der Waals surface area (Å²) in [6, 6.07) is 21.5. The largest absolute Gasteiger partial charge is 0.395 e. The maximum absolute atomic E-state index is 13.0. The van der Waals surface area contributed by atoms with E-state index in [2.05, 4.69) is 10.1 Å². The number of sulfonamides is 1. The Morgan fingerprint density at radius 3 is 2.19 bits per heavy atom. The molecule has 0 bridgehead atoms. The molecule has 3 atom stereocenters. The van der Waals surface area contributed by atoms with Crippen LogP contribution < -0.4 is 15.9 Å². The first-order chi connectivity index (χ1) is 17.6. The number of hydrazine groups is 1. The van der Waals surface area contributed by atoms with Gasteiger partial charge in [0.05, 0.1) is 23.0 Å². The van der Waals surface area contributed by atoms with Gasteiger partial charge in [-0.1, -0.05) is 65.7 Å². The predicted octanol–water partition coefficient (Wildman–Crippen LogP) is 2.80. The van der Waals surface area contributed by atoms with E-state index in [-0.39, 0.29) is 11.4 Å². The molecule has 0 aromatic heterocycles. The molecule has 0 saturated carbocycles. The molecule has 194 valence electrons. The van der Waals surface area contributed by atoms with Crippen molar-refractivity contribution < 1.29 is 18.3 Å². The first-order valence-electron chi connectivity index (χ1n) is 11.2. The molecule has 4 rings (SSSR count). The van der Waals surface area contributed by atoms with Crippen LogP contribution in [0.15, 0.2) is 83.8 Å². The molecule has 9 nitrogen and oxygen atoms in total. The lowest BCUT2D eigenvalue weighted by Gasteiger charge is -2.40. The van der Waals surface area contributed by atoms with E-state index in [0.717, 1.165) is 5.56 Å². The van der Waals surface area contributed by atoms with Crippen molar-refractivity contribution in [3.05, 3.63) is 100 Å². The zero-order valence-electron chi connectivity index (χ0n) is 19.4. The van der Waals surface area contributed by atoms with Crippen LogP contribution in [-0.2, 0) is 20.4 Å². The zero-order valence-corrected chi connectivity index (χ0v) is 21.8. The highest BCUT2D eigenvalue weighted by molar-refractivity contribution is 7.90. The number of hydrogen-bond acceptors (Lipinski definition) is 6. The molecule has 3 aromatic rings. The van der Waals surface area contributed by atoms with E-state index < -0.39 is 45.9 Å². The minimum Gasteiger partial charge on any atom is -0.395 e. The van der Waals surface area contributed by atoms with Gasteiger partial charge in [0.1, 0.15) is 0 Å². The Balaban J connectivity index is 1.79. The summed E-state index contributed by atoms with van der Waals surface area (Å²) in [5, 5.41) is 21.1. The van der Waals surface area contributed by atoms with Gasteiger partial charge < -0.3 is 10.8 Å². The van der Waals surface area contributed by atoms with Crippen molar-refractivity contribution >= 4 is 45.1 Å². The van der Waals surface area contributed by atoms with Crippen molar-refractivity contribution in [1.29, 1.82) is 5.41 Å². The van der Waals surface area contributed by atoms with E-state index in [1.165, 1.54) is 29.3 Å². The smallest absolute Gasteiger partial charge is 0.264 e. The van der Waals surface area contributed by atoms with Crippen molar-refractivity contribution in [2.24, 2.45) is 11.7 Å². The molecule has 3 aromatic carbocycles. The zero-order chi connectivity index (χ0) is 26.8. The Labute approximate surface area is 224 Å². The lowest BCUT2D eigenvalue weighted by Crippen LogP contribution is -2.58. The van der Waals surface area contributed by atoms with Gasteiger partial charge in [0.2, 0.25) is 11.9 Å². The first-order valence-corrected chi connectivity index (χ1v) is 13.5. The molecule has 1 saturated heterocycles. The highest BCUT2D eigenvalue weighted by atomic mass is 35.5. The molecule has 0 radical (unpaired) electrons. The number of primary amides is 1. The van der Waals surface area contributed by atoms with E-state index in [9.17, 15) is 18.3 Å². The highest BCUT2D eigenvalue weighted by Crippen LogP contribution is 2.47. The fraction of sp³-hybridized carbons (Fsp3) is 0.200. The molecule has 1 fully saturated rings. The molecule has 1 aliphatic heterocycles. The summed E-state index contributed by atoms with van der Waals surface area (Å²) in [4.78, 5) is 12.6. The Kier molecular flexibility index (Phi) is 7.77. The van der Waals surface area contributed by atoms with Crippen molar-refractivity contribution in [3.63, 3.8) is 0 Å². The maximum Gasteiger partial charge on any atom is 0.264 e. The minimum absolute atomic E-state index is 0.0743. The molecule has 0 spiro atoms. The molecule has 1 unspecified atom stereocenters. The van der Waals surface area contributed by atoms with Crippen molar-refractivity contribution in [2.45, 2.75) is 16.4 Å². The third-order valence-electron chi connectivity index (χ3n) is 6.46. The molecular weight excluding hydrogens is 537 g/mol. The quantitative estimate of drug-likeness (QED) is 0.221. The topological polar surface area (TPSA) is 149 Å². The van der Waals surface area contributed by atoms with Crippen LogP contribution in [0, 0.1) is 11.3 Å². The number of aliphatic hydroxyl groups excluding tert-OH is 1.